The van der Waals surface area contributed by atoms with Gasteiger partial charge in [-0.3, -0.25) is 4.90 Å². The van der Waals surface area contributed by atoms with E-state index in [-0.39, 0.29) is 0 Å². The van der Waals surface area contributed by atoms with Gasteiger partial charge in [0.05, 0.1) is 0 Å². The molecule has 0 radical (unpaired) electrons. The molecule has 5 heteroatoms. The highest BCUT2D eigenvalue weighted by Crippen LogP contribution is 2.33. The summed E-state index contributed by atoms with van der Waals surface area (Å²) in [6, 6.07) is 3.11. The largest absolute Gasteiger partial charge is 0.314 e. The second-order valence-corrected chi connectivity index (χ2v) is 5.42. The molecule has 1 saturated heterocycles. The standard InChI is InChI=1S/C12H18F2N2S/c1-2-9-3-4-10(17-9)11(12(13)14)16-7-5-15-6-8-16/h3-4,11-12,15H,2,5-8H2,1H3/t11-/m0/s1. The molecule has 1 aliphatic rings. The molecular weight excluding hydrogens is 242 g/mol. The number of alkyl halides is 2. The summed E-state index contributed by atoms with van der Waals surface area (Å²) in [4.78, 5) is 3.88. The minimum absolute atomic E-state index is 0.703. The second-order valence-electron chi connectivity index (χ2n) is 4.22. The van der Waals surface area contributed by atoms with Gasteiger partial charge in [-0.15, -0.1) is 11.3 Å². The Morgan fingerprint density at radius 2 is 2.06 bits per heavy atom. The van der Waals surface area contributed by atoms with Crippen LogP contribution in [0.3, 0.4) is 0 Å². The molecule has 0 aliphatic carbocycles. The third-order valence-corrected chi connectivity index (χ3v) is 4.41. The number of nitrogens with zero attached hydrogens (tertiary/aromatic N) is 1. The molecule has 0 saturated carbocycles. The fourth-order valence-corrected chi connectivity index (χ4v) is 3.26. The van der Waals surface area contributed by atoms with Gasteiger partial charge in [0.15, 0.2) is 0 Å². The van der Waals surface area contributed by atoms with Crippen LogP contribution >= 0.6 is 11.3 Å². The molecule has 0 spiro atoms. The molecule has 1 atom stereocenters. The normalized spacial score (nSPS) is 19.8. The van der Waals surface area contributed by atoms with E-state index in [0.29, 0.717) is 13.1 Å². The van der Waals surface area contributed by atoms with Crippen LogP contribution in [0.2, 0.25) is 0 Å². The van der Waals surface area contributed by atoms with Gasteiger partial charge in [0.1, 0.15) is 6.04 Å². The van der Waals surface area contributed by atoms with E-state index in [1.807, 2.05) is 17.0 Å². The van der Waals surface area contributed by atoms with Gasteiger partial charge < -0.3 is 5.32 Å². The van der Waals surface area contributed by atoms with Crippen LogP contribution in [0, 0.1) is 0 Å². The first kappa shape index (κ1) is 12.9. The van der Waals surface area contributed by atoms with Gasteiger partial charge in [-0.2, -0.15) is 0 Å². The lowest BCUT2D eigenvalue weighted by Crippen LogP contribution is -2.46. The molecule has 0 bridgehead atoms. The number of nitrogens with one attached hydrogen (secondary N) is 1. The smallest absolute Gasteiger partial charge is 0.258 e. The minimum Gasteiger partial charge on any atom is -0.314 e. The third-order valence-electron chi connectivity index (χ3n) is 3.11. The molecule has 1 fully saturated rings. The van der Waals surface area contributed by atoms with E-state index in [2.05, 4.69) is 12.2 Å². The zero-order chi connectivity index (χ0) is 12.3. The summed E-state index contributed by atoms with van der Waals surface area (Å²) in [5.41, 5.74) is 0. The predicted octanol–water partition coefficient (Wildman–Crippen LogP) is 2.52. The van der Waals surface area contributed by atoms with E-state index in [4.69, 9.17) is 0 Å². The van der Waals surface area contributed by atoms with Crippen LogP contribution in [-0.2, 0) is 6.42 Å². The van der Waals surface area contributed by atoms with Crippen LogP contribution in [0.4, 0.5) is 8.78 Å². The predicted molar refractivity (Wildman–Crippen MR) is 66.9 cm³/mol. The van der Waals surface area contributed by atoms with E-state index in [9.17, 15) is 8.78 Å². The van der Waals surface area contributed by atoms with Crippen molar-refractivity contribution in [1.82, 2.24) is 10.2 Å². The van der Waals surface area contributed by atoms with Crippen molar-refractivity contribution in [3.8, 4) is 0 Å². The average Bonchev–Trinajstić information content (AvgIpc) is 2.79. The average molecular weight is 260 g/mol. The van der Waals surface area contributed by atoms with E-state index in [1.54, 1.807) is 0 Å². The van der Waals surface area contributed by atoms with Crippen molar-refractivity contribution in [3.05, 3.63) is 21.9 Å². The van der Waals surface area contributed by atoms with E-state index < -0.39 is 12.5 Å². The molecule has 1 aromatic rings. The van der Waals surface area contributed by atoms with Crippen molar-refractivity contribution >= 4 is 11.3 Å². The Hall–Kier alpha value is -0.520. The van der Waals surface area contributed by atoms with Crippen molar-refractivity contribution < 1.29 is 8.78 Å². The number of aryl methyl sites for hydroxylation is 1. The minimum atomic E-state index is -2.31. The van der Waals surface area contributed by atoms with E-state index in [0.717, 1.165) is 24.4 Å². The summed E-state index contributed by atoms with van der Waals surface area (Å²) >= 11 is 1.52. The van der Waals surface area contributed by atoms with Crippen LogP contribution in [0.15, 0.2) is 12.1 Å². The molecule has 2 heterocycles. The SMILES string of the molecule is CCc1ccc([C@@H](C(F)F)N2CCNCC2)s1. The summed E-state index contributed by atoms with van der Waals surface area (Å²) in [7, 11) is 0. The number of hydrogen-bond donors (Lipinski definition) is 1. The molecule has 0 aromatic carbocycles. The van der Waals surface area contributed by atoms with Gasteiger partial charge in [0.2, 0.25) is 0 Å². The molecule has 2 rings (SSSR count). The zero-order valence-electron chi connectivity index (χ0n) is 9.96. The summed E-state index contributed by atoms with van der Waals surface area (Å²) in [5, 5.41) is 3.19. The van der Waals surface area contributed by atoms with Gasteiger partial charge in [0.25, 0.3) is 6.43 Å². The van der Waals surface area contributed by atoms with Crippen molar-refractivity contribution in [2.75, 3.05) is 26.2 Å². The lowest BCUT2D eigenvalue weighted by Gasteiger charge is -2.33. The Kier molecular flexibility index (Phi) is 4.48. The zero-order valence-corrected chi connectivity index (χ0v) is 10.8. The lowest BCUT2D eigenvalue weighted by molar-refractivity contribution is 0.0200. The van der Waals surface area contributed by atoms with Crippen molar-refractivity contribution in [1.29, 1.82) is 0 Å². The van der Waals surface area contributed by atoms with Crippen LogP contribution in [0.5, 0.6) is 0 Å². The monoisotopic (exact) mass is 260 g/mol. The van der Waals surface area contributed by atoms with Gasteiger partial charge in [-0.1, -0.05) is 6.92 Å². The topological polar surface area (TPSA) is 15.3 Å². The lowest BCUT2D eigenvalue weighted by atomic mass is 10.2. The van der Waals surface area contributed by atoms with Gasteiger partial charge in [0, 0.05) is 35.9 Å². The van der Waals surface area contributed by atoms with Gasteiger partial charge >= 0.3 is 0 Å². The highest BCUT2D eigenvalue weighted by molar-refractivity contribution is 7.12. The van der Waals surface area contributed by atoms with Crippen molar-refractivity contribution in [2.24, 2.45) is 0 Å². The van der Waals surface area contributed by atoms with Crippen molar-refractivity contribution in [2.45, 2.75) is 25.8 Å². The number of hydrogen-bond acceptors (Lipinski definition) is 3. The molecule has 2 nitrogen and oxygen atoms in total. The Morgan fingerprint density at radius 1 is 1.35 bits per heavy atom. The summed E-state index contributed by atoms with van der Waals surface area (Å²) in [6.45, 7) is 5.06. The maximum Gasteiger partial charge on any atom is 0.258 e. The fourth-order valence-electron chi connectivity index (χ4n) is 2.17. The first-order valence-corrected chi connectivity index (χ1v) is 6.85. The molecule has 1 aliphatic heterocycles. The van der Waals surface area contributed by atoms with Gasteiger partial charge in [-0.05, 0) is 18.6 Å². The maximum absolute atomic E-state index is 13.2. The highest BCUT2D eigenvalue weighted by Gasteiger charge is 2.31. The van der Waals surface area contributed by atoms with E-state index >= 15 is 0 Å². The Labute approximate surface area is 105 Å². The Bertz CT molecular complexity index is 348. The van der Waals surface area contributed by atoms with Crippen LogP contribution in [0.1, 0.15) is 22.7 Å². The first-order valence-electron chi connectivity index (χ1n) is 6.04. The molecule has 17 heavy (non-hydrogen) atoms. The van der Waals surface area contributed by atoms with Crippen LogP contribution in [-0.4, -0.2) is 37.5 Å². The van der Waals surface area contributed by atoms with Crippen molar-refractivity contribution in [3.63, 3.8) is 0 Å². The van der Waals surface area contributed by atoms with Gasteiger partial charge in [-0.25, -0.2) is 8.78 Å². The Balaban J connectivity index is 2.15. The molecule has 0 unspecified atom stereocenters. The number of rotatable bonds is 4. The molecule has 96 valence electrons. The second kappa shape index (κ2) is 5.89. The number of piperazine rings is 1. The molecular formula is C12H18F2N2S. The quantitative estimate of drug-likeness (QED) is 0.895. The summed E-state index contributed by atoms with van der Waals surface area (Å²) < 4.78 is 26.5. The van der Waals surface area contributed by atoms with Crippen LogP contribution in [0.25, 0.3) is 0 Å². The number of thiophene rings is 1. The molecule has 1 aromatic heterocycles. The highest BCUT2D eigenvalue weighted by atomic mass is 32.1. The summed E-state index contributed by atoms with van der Waals surface area (Å²) in [5.74, 6) is 0. The fraction of sp³-hybridized carbons (Fsp3) is 0.667. The third kappa shape index (κ3) is 3.03. The number of halogens is 2. The first-order chi connectivity index (χ1) is 8.22. The molecule has 1 N–H and O–H groups in total. The molecule has 0 amide bonds. The maximum atomic E-state index is 13.2. The van der Waals surface area contributed by atoms with E-state index in [1.165, 1.54) is 16.2 Å². The van der Waals surface area contributed by atoms with Crippen LogP contribution < -0.4 is 5.32 Å². The Morgan fingerprint density at radius 3 is 2.59 bits per heavy atom. The summed E-state index contributed by atoms with van der Waals surface area (Å²) in [6.07, 6.45) is -1.39.